The van der Waals surface area contributed by atoms with Gasteiger partial charge in [0.05, 0.1) is 5.41 Å². The number of hydrogen-bond donors (Lipinski definition) is 1. The number of aliphatic hydroxyl groups is 1. The van der Waals surface area contributed by atoms with Crippen LogP contribution in [-0.4, -0.2) is 58.7 Å². The van der Waals surface area contributed by atoms with Crippen LogP contribution in [0.1, 0.15) is 33.0 Å². The normalized spacial score (nSPS) is 35.1. The Kier molecular flexibility index (Phi) is 4.99. The van der Waals surface area contributed by atoms with Gasteiger partial charge in [0.1, 0.15) is 5.54 Å². The lowest BCUT2D eigenvalue weighted by atomic mass is 9.58. The van der Waals surface area contributed by atoms with Crippen LogP contribution < -0.4 is 0 Å². The first kappa shape index (κ1) is 23.7. The highest BCUT2D eigenvalue weighted by molar-refractivity contribution is 9.10. The third-order valence-corrected chi connectivity index (χ3v) is 10.6. The third-order valence-electron chi connectivity index (χ3n) is 9.12. The van der Waals surface area contributed by atoms with Gasteiger partial charge >= 0.3 is 0 Å². The van der Waals surface area contributed by atoms with E-state index >= 15 is 0 Å². The summed E-state index contributed by atoms with van der Waals surface area (Å²) in [5.41, 5.74) is -0.628. The Labute approximate surface area is 232 Å². The van der Waals surface area contributed by atoms with Crippen LogP contribution in [0.2, 0.25) is 0 Å². The minimum atomic E-state index is -1.62. The molecule has 7 rings (SSSR count). The van der Waals surface area contributed by atoms with Crippen molar-refractivity contribution in [2.24, 2.45) is 5.41 Å². The zero-order valence-electron chi connectivity index (χ0n) is 20.1. The first-order chi connectivity index (χ1) is 17.8. The van der Waals surface area contributed by atoms with Crippen LogP contribution in [0.5, 0.6) is 0 Å². The Morgan fingerprint density at radius 3 is 2.35 bits per heavy atom. The van der Waals surface area contributed by atoms with Crippen LogP contribution >= 0.6 is 31.9 Å². The number of hydrogen-bond acceptors (Lipinski definition) is 5. The first-order valence-corrected chi connectivity index (χ1v) is 13.9. The minimum absolute atomic E-state index is 0.0540. The van der Waals surface area contributed by atoms with Crippen molar-refractivity contribution in [3.8, 4) is 0 Å². The van der Waals surface area contributed by atoms with Gasteiger partial charge < -0.3 is 5.11 Å². The van der Waals surface area contributed by atoms with Crippen LogP contribution in [0.3, 0.4) is 0 Å². The van der Waals surface area contributed by atoms with Crippen LogP contribution in [0, 0.1) is 5.41 Å². The van der Waals surface area contributed by atoms with Crippen molar-refractivity contribution in [1.82, 2.24) is 9.80 Å². The number of halogens is 2. The maximum atomic E-state index is 14.9. The molecule has 186 valence electrons. The molecular weight excluding hydrogens is 596 g/mol. The van der Waals surface area contributed by atoms with E-state index in [0.29, 0.717) is 29.8 Å². The molecule has 37 heavy (non-hydrogen) atoms. The fourth-order valence-corrected chi connectivity index (χ4v) is 8.79. The smallest absolute Gasteiger partial charge is 0.189 e. The summed E-state index contributed by atoms with van der Waals surface area (Å²) in [6.07, 6.45) is 1.92. The van der Waals surface area contributed by atoms with Gasteiger partial charge in [-0.1, -0.05) is 92.5 Å². The summed E-state index contributed by atoms with van der Waals surface area (Å²) in [5, 5.41) is 12.8. The van der Waals surface area contributed by atoms with Gasteiger partial charge in [-0.3, -0.25) is 19.4 Å². The molecule has 3 saturated heterocycles. The number of nitrogens with zero attached hydrogens (tertiary/aromatic N) is 2. The van der Waals surface area contributed by atoms with Crippen LogP contribution in [-0.2, 0) is 10.5 Å². The molecule has 7 heteroatoms. The molecule has 3 aromatic carbocycles. The van der Waals surface area contributed by atoms with E-state index in [0.717, 1.165) is 20.1 Å². The van der Waals surface area contributed by atoms with E-state index in [1.165, 1.54) is 0 Å². The van der Waals surface area contributed by atoms with E-state index in [-0.39, 0.29) is 24.0 Å². The van der Waals surface area contributed by atoms with Gasteiger partial charge in [0.15, 0.2) is 17.3 Å². The van der Waals surface area contributed by atoms with Crippen molar-refractivity contribution in [3.05, 3.63) is 110 Å². The molecule has 0 radical (unpaired) electrons. The van der Waals surface area contributed by atoms with Crippen molar-refractivity contribution >= 4 is 49.5 Å². The number of carbonyl (C=O) groups is 2. The molecule has 2 bridgehead atoms. The topological polar surface area (TPSA) is 60.9 Å². The molecule has 1 aliphatic carbocycles. The number of rotatable bonds is 2. The summed E-state index contributed by atoms with van der Waals surface area (Å²) in [7, 11) is 1.89. The number of benzene rings is 3. The fourth-order valence-electron chi connectivity index (χ4n) is 7.83. The van der Waals surface area contributed by atoms with E-state index in [1.807, 2.05) is 89.7 Å². The summed E-state index contributed by atoms with van der Waals surface area (Å²) in [4.78, 5) is 33.4. The molecule has 3 heterocycles. The Morgan fingerprint density at radius 1 is 0.919 bits per heavy atom. The molecule has 3 aliphatic heterocycles. The average molecular weight is 620 g/mol. The molecule has 0 amide bonds. The summed E-state index contributed by atoms with van der Waals surface area (Å²) < 4.78 is 1.79. The predicted octanol–water partition coefficient (Wildman–Crippen LogP) is 4.99. The number of fused-ring (bicyclic) bond motifs is 4. The zero-order chi connectivity index (χ0) is 25.7. The van der Waals surface area contributed by atoms with Crippen LogP contribution in [0.15, 0.2) is 87.3 Å². The number of Topliss-reactive ketones (excluding diaryl/α,β-unsaturated/α-hetero) is 2. The van der Waals surface area contributed by atoms with Gasteiger partial charge in [-0.05, 0) is 36.4 Å². The number of likely N-dealkylation sites (N-methyl/N-ethyl adjacent to an activating group) is 1. The molecule has 2 spiro atoms. The lowest BCUT2D eigenvalue weighted by molar-refractivity contribution is -0.145. The second kappa shape index (κ2) is 7.80. The summed E-state index contributed by atoms with van der Waals surface area (Å²) in [6.45, 7) is 1.05. The van der Waals surface area contributed by atoms with Crippen LogP contribution in [0.4, 0.5) is 0 Å². The van der Waals surface area contributed by atoms with E-state index in [9.17, 15) is 14.7 Å². The second-order valence-corrected chi connectivity index (χ2v) is 12.3. The molecule has 4 aliphatic rings. The van der Waals surface area contributed by atoms with E-state index in [1.54, 1.807) is 6.07 Å². The van der Waals surface area contributed by atoms with Gasteiger partial charge in [-0.25, -0.2) is 0 Å². The molecule has 0 saturated carbocycles. The fraction of sp³-hybridized carbons (Fsp3) is 0.267. The highest BCUT2D eigenvalue weighted by atomic mass is 79.9. The van der Waals surface area contributed by atoms with Crippen molar-refractivity contribution in [1.29, 1.82) is 0 Å². The Balaban J connectivity index is 1.54. The van der Waals surface area contributed by atoms with Crippen molar-refractivity contribution in [2.75, 3.05) is 26.7 Å². The Bertz CT molecular complexity index is 1550. The summed E-state index contributed by atoms with van der Waals surface area (Å²) >= 11 is 7.34. The monoisotopic (exact) mass is 618 g/mol. The first-order valence-electron chi connectivity index (χ1n) is 12.4. The molecule has 5 nitrogen and oxygen atoms in total. The Hall–Kier alpha value is -2.42. The molecule has 0 aromatic heterocycles. The van der Waals surface area contributed by atoms with Gasteiger partial charge in [0.2, 0.25) is 0 Å². The molecule has 1 unspecified atom stereocenters. The van der Waals surface area contributed by atoms with Gasteiger partial charge in [-0.15, -0.1) is 0 Å². The summed E-state index contributed by atoms with van der Waals surface area (Å²) in [6, 6.07) is 23.0. The summed E-state index contributed by atoms with van der Waals surface area (Å²) in [5.74, 6) is -0.513. The molecule has 1 N–H and O–H groups in total. The maximum absolute atomic E-state index is 14.9. The highest BCUT2D eigenvalue weighted by Crippen LogP contribution is 2.72. The standard InChI is InChI=1S/C30H24Br2N2O3/c1-33-16-23(20-9-4-7-13-25(20)32)28-17-34(15-19(26(28)35)14-18-8-2-6-12-24(18)31)30(37)22-11-5-3-10-21(22)27(36)29(28,30)33/h2-14,23,37H,15-17H2,1H3/b19-14+/t23-,28+,29-,30-/m1/s1. The Morgan fingerprint density at radius 2 is 1.59 bits per heavy atom. The largest absolute Gasteiger partial charge is 0.369 e. The van der Waals surface area contributed by atoms with Crippen LogP contribution in [0.25, 0.3) is 6.08 Å². The molecule has 5 atom stereocenters. The minimum Gasteiger partial charge on any atom is -0.369 e. The van der Waals surface area contributed by atoms with Gasteiger partial charge in [0.25, 0.3) is 0 Å². The SMILES string of the molecule is CN1C[C@H](c2ccccc2Br)[C@@]23CN(C/C(=C\c4ccccc4Br)C2=O)[C@@]2(O)c4ccccc4C(=O)[C@@]132. The maximum Gasteiger partial charge on any atom is 0.189 e. The van der Waals surface area contributed by atoms with E-state index in [4.69, 9.17) is 0 Å². The number of piperidine rings is 1. The van der Waals surface area contributed by atoms with Crippen molar-refractivity contribution < 1.29 is 14.7 Å². The lowest BCUT2D eigenvalue weighted by Crippen LogP contribution is -2.66. The molecule has 3 aromatic rings. The van der Waals surface area contributed by atoms with E-state index < -0.39 is 16.7 Å². The number of ketones is 2. The molecular formula is C30H24Br2N2O3. The van der Waals surface area contributed by atoms with Crippen molar-refractivity contribution in [3.63, 3.8) is 0 Å². The van der Waals surface area contributed by atoms with E-state index in [2.05, 4.69) is 31.9 Å². The predicted molar refractivity (Wildman–Crippen MR) is 148 cm³/mol. The average Bonchev–Trinajstić information content (AvgIpc) is 3.36. The second-order valence-electron chi connectivity index (χ2n) is 10.6. The van der Waals surface area contributed by atoms with Crippen molar-refractivity contribution in [2.45, 2.75) is 17.2 Å². The molecule has 3 fully saturated rings. The number of carbonyl (C=O) groups excluding carboxylic acids is 2. The third kappa shape index (κ3) is 2.60. The highest BCUT2D eigenvalue weighted by Gasteiger charge is 2.87. The zero-order valence-corrected chi connectivity index (χ0v) is 23.3. The van der Waals surface area contributed by atoms with Gasteiger partial charge in [-0.2, -0.15) is 0 Å². The van der Waals surface area contributed by atoms with Gasteiger partial charge in [0, 0.05) is 51.2 Å². The lowest BCUT2D eigenvalue weighted by Gasteiger charge is -2.45. The number of likely N-dealkylation sites (tertiary alicyclic amines) is 1. The quantitative estimate of drug-likeness (QED) is 0.410.